The molecule has 1 saturated carbocycles. The van der Waals surface area contributed by atoms with Crippen molar-refractivity contribution in [2.45, 2.75) is 24.9 Å². The van der Waals surface area contributed by atoms with Crippen molar-refractivity contribution in [1.82, 2.24) is 10.6 Å². The average molecular weight is 337 g/mol. The van der Waals surface area contributed by atoms with Crippen LogP contribution in [0.4, 0.5) is 0 Å². The molecule has 2 aromatic carbocycles. The van der Waals surface area contributed by atoms with Crippen LogP contribution >= 0.6 is 0 Å². The van der Waals surface area contributed by atoms with Gasteiger partial charge in [0.2, 0.25) is 5.91 Å². The summed E-state index contributed by atoms with van der Waals surface area (Å²) in [5, 5.41) is 5.85. The summed E-state index contributed by atoms with van der Waals surface area (Å²) in [6.45, 7) is 0.407. The molecule has 0 aliphatic heterocycles. The van der Waals surface area contributed by atoms with E-state index < -0.39 is 6.04 Å². The molecular weight excluding hydrogens is 314 g/mol. The zero-order chi connectivity index (χ0) is 17.6. The van der Waals surface area contributed by atoms with Gasteiger partial charge >= 0.3 is 0 Å². The van der Waals surface area contributed by atoms with Crippen LogP contribution in [0.3, 0.4) is 0 Å². The average Bonchev–Trinajstić information content (AvgIpc) is 3.50. The van der Waals surface area contributed by atoms with Crippen molar-refractivity contribution in [3.05, 3.63) is 71.8 Å². The van der Waals surface area contributed by atoms with Crippen molar-refractivity contribution in [2.75, 3.05) is 6.54 Å². The normalized spacial score (nSPS) is 15.9. The van der Waals surface area contributed by atoms with Gasteiger partial charge in [0.15, 0.2) is 0 Å². The van der Waals surface area contributed by atoms with Gasteiger partial charge in [0.25, 0.3) is 5.91 Å². The van der Waals surface area contributed by atoms with Gasteiger partial charge < -0.3 is 16.4 Å². The molecule has 2 aromatic rings. The summed E-state index contributed by atoms with van der Waals surface area (Å²) in [4.78, 5) is 25.3. The van der Waals surface area contributed by atoms with Crippen molar-refractivity contribution >= 4 is 11.8 Å². The molecule has 0 saturated heterocycles. The lowest BCUT2D eigenvalue weighted by atomic mass is 10.0. The fraction of sp³-hybridized carbons (Fsp3) is 0.300. The second-order valence-electron chi connectivity index (χ2n) is 6.37. The van der Waals surface area contributed by atoms with Crippen LogP contribution in [0.5, 0.6) is 0 Å². The molecule has 3 rings (SSSR count). The van der Waals surface area contributed by atoms with Crippen molar-refractivity contribution in [1.29, 1.82) is 0 Å². The first-order valence-corrected chi connectivity index (χ1v) is 8.60. The third-order valence-corrected chi connectivity index (χ3v) is 4.48. The Labute approximate surface area is 147 Å². The molecule has 5 heteroatoms. The third kappa shape index (κ3) is 4.45. The Balaban J connectivity index is 1.77. The van der Waals surface area contributed by atoms with E-state index in [1.165, 1.54) is 0 Å². The van der Waals surface area contributed by atoms with Crippen LogP contribution < -0.4 is 16.4 Å². The Morgan fingerprint density at radius 3 is 2.12 bits per heavy atom. The van der Waals surface area contributed by atoms with Crippen molar-refractivity contribution in [3.63, 3.8) is 0 Å². The summed E-state index contributed by atoms with van der Waals surface area (Å²) >= 11 is 0. The molecule has 0 spiro atoms. The van der Waals surface area contributed by atoms with Gasteiger partial charge in [-0.25, -0.2) is 0 Å². The molecule has 2 atom stereocenters. The number of nitrogens with one attached hydrogen (secondary N) is 2. The highest BCUT2D eigenvalue weighted by Crippen LogP contribution is 2.32. The quantitative estimate of drug-likeness (QED) is 0.722. The number of benzene rings is 2. The Hall–Kier alpha value is -2.66. The van der Waals surface area contributed by atoms with Gasteiger partial charge in [0, 0.05) is 18.2 Å². The number of hydrogen-bond acceptors (Lipinski definition) is 3. The molecule has 0 heterocycles. The lowest BCUT2D eigenvalue weighted by molar-refractivity contribution is -0.123. The highest BCUT2D eigenvalue weighted by Gasteiger charge is 2.33. The van der Waals surface area contributed by atoms with Crippen molar-refractivity contribution in [2.24, 2.45) is 11.7 Å². The minimum Gasteiger partial charge on any atom is -0.350 e. The second-order valence-corrected chi connectivity index (χ2v) is 6.37. The maximum absolute atomic E-state index is 12.8. The zero-order valence-corrected chi connectivity index (χ0v) is 14.0. The Morgan fingerprint density at radius 1 is 0.960 bits per heavy atom. The maximum atomic E-state index is 12.8. The minimum absolute atomic E-state index is 0.0349. The number of carbonyl (C=O) groups excluding carboxylic acids is 2. The van der Waals surface area contributed by atoms with E-state index in [0.29, 0.717) is 18.0 Å². The minimum atomic E-state index is -0.748. The van der Waals surface area contributed by atoms with Gasteiger partial charge in [-0.15, -0.1) is 0 Å². The molecule has 1 aliphatic rings. The smallest absolute Gasteiger partial charge is 0.252 e. The van der Waals surface area contributed by atoms with Gasteiger partial charge in [-0.2, -0.15) is 0 Å². The largest absolute Gasteiger partial charge is 0.350 e. The predicted octanol–water partition coefficient (Wildman–Crippen LogP) is 2.01. The molecule has 5 nitrogen and oxygen atoms in total. The first-order chi connectivity index (χ1) is 12.2. The first-order valence-electron chi connectivity index (χ1n) is 8.60. The lowest BCUT2D eigenvalue weighted by Crippen LogP contribution is -2.47. The lowest BCUT2D eigenvalue weighted by Gasteiger charge is -2.23. The zero-order valence-electron chi connectivity index (χ0n) is 14.0. The number of nitrogens with two attached hydrogens (primary N) is 1. The predicted molar refractivity (Wildman–Crippen MR) is 96.8 cm³/mol. The molecule has 2 amide bonds. The van der Waals surface area contributed by atoms with Crippen LogP contribution in [0, 0.1) is 5.92 Å². The Bertz CT molecular complexity index is 714. The van der Waals surface area contributed by atoms with Crippen LogP contribution in [-0.2, 0) is 4.79 Å². The SMILES string of the molecule is NCC(NC(=O)C(NC(=O)c1ccccc1)c1ccccc1)C1CC1. The van der Waals surface area contributed by atoms with E-state index >= 15 is 0 Å². The van der Waals surface area contributed by atoms with Gasteiger partial charge in [-0.05, 0) is 36.5 Å². The summed E-state index contributed by atoms with van der Waals surface area (Å²) < 4.78 is 0. The number of hydrogen-bond donors (Lipinski definition) is 3. The van der Waals surface area contributed by atoms with Crippen LogP contribution in [0.25, 0.3) is 0 Å². The molecule has 0 radical (unpaired) electrons. The van der Waals surface area contributed by atoms with Gasteiger partial charge in [0.05, 0.1) is 0 Å². The molecule has 2 unspecified atom stereocenters. The summed E-state index contributed by atoms with van der Waals surface area (Å²) in [7, 11) is 0. The summed E-state index contributed by atoms with van der Waals surface area (Å²) in [5.74, 6) is -0.0478. The second kappa shape index (κ2) is 7.94. The molecule has 0 bridgehead atoms. The molecular formula is C20H23N3O2. The third-order valence-electron chi connectivity index (χ3n) is 4.48. The highest BCUT2D eigenvalue weighted by atomic mass is 16.2. The Morgan fingerprint density at radius 2 is 1.56 bits per heavy atom. The molecule has 1 aliphatic carbocycles. The highest BCUT2D eigenvalue weighted by molar-refractivity contribution is 5.97. The monoisotopic (exact) mass is 337 g/mol. The maximum Gasteiger partial charge on any atom is 0.252 e. The van der Waals surface area contributed by atoms with E-state index in [-0.39, 0.29) is 17.9 Å². The van der Waals surface area contributed by atoms with Crippen LogP contribution in [-0.4, -0.2) is 24.4 Å². The molecule has 0 aromatic heterocycles. The summed E-state index contributed by atoms with van der Waals surface area (Å²) in [5.41, 5.74) is 7.06. The van der Waals surface area contributed by atoms with Crippen LogP contribution in [0.2, 0.25) is 0 Å². The van der Waals surface area contributed by atoms with E-state index in [1.807, 2.05) is 36.4 Å². The molecule has 25 heavy (non-hydrogen) atoms. The van der Waals surface area contributed by atoms with Gasteiger partial charge in [0.1, 0.15) is 6.04 Å². The fourth-order valence-corrected chi connectivity index (χ4v) is 2.88. The summed E-state index contributed by atoms with van der Waals surface area (Å²) in [6, 6.07) is 17.4. The van der Waals surface area contributed by atoms with Gasteiger partial charge in [-0.3, -0.25) is 9.59 Å². The summed E-state index contributed by atoms with van der Waals surface area (Å²) in [6.07, 6.45) is 2.18. The van der Waals surface area contributed by atoms with Crippen LogP contribution in [0.15, 0.2) is 60.7 Å². The Kier molecular flexibility index (Phi) is 5.46. The van der Waals surface area contributed by atoms with Gasteiger partial charge in [-0.1, -0.05) is 48.5 Å². The van der Waals surface area contributed by atoms with E-state index in [0.717, 1.165) is 18.4 Å². The molecule has 130 valence electrons. The van der Waals surface area contributed by atoms with Crippen molar-refractivity contribution in [3.8, 4) is 0 Å². The van der Waals surface area contributed by atoms with E-state index in [2.05, 4.69) is 10.6 Å². The molecule has 1 fully saturated rings. The molecule has 4 N–H and O–H groups in total. The number of amides is 2. The van der Waals surface area contributed by atoms with E-state index in [1.54, 1.807) is 24.3 Å². The van der Waals surface area contributed by atoms with Crippen LogP contribution in [0.1, 0.15) is 34.8 Å². The standard InChI is InChI=1S/C20H23N3O2/c21-13-17(14-11-12-14)22-20(25)18(15-7-3-1-4-8-15)23-19(24)16-9-5-2-6-10-16/h1-10,14,17-18H,11-13,21H2,(H,22,25)(H,23,24). The van der Waals surface area contributed by atoms with Crippen molar-refractivity contribution < 1.29 is 9.59 Å². The van der Waals surface area contributed by atoms with E-state index in [4.69, 9.17) is 5.73 Å². The fourth-order valence-electron chi connectivity index (χ4n) is 2.88. The number of carbonyl (C=O) groups is 2. The van der Waals surface area contributed by atoms with E-state index in [9.17, 15) is 9.59 Å². The topological polar surface area (TPSA) is 84.2 Å². The number of rotatable bonds is 7. The first kappa shape index (κ1) is 17.2.